The molecule has 3 heterocycles. The molecule has 0 aromatic heterocycles. The lowest BCUT2D eigenvalue weighted by Crippen LogP contribution is -2.53. The van der Waals surface area contributed by atoms with Crippen LogP contribution < -0.4 is 10.0 Å². The van der Waals surface area contributed by atoms with Gasteiger partial charge in [0, 0.05) is 37.8 Å². The van der Waals surface area contributed by atoms with Gasteiger partial charge in [0.15, 0.2) is 0 Å². The predicted octanol–water partition coefficient (Wildman–Crippen LogP) is 0.336. The largest absolute Gasteiger partial charge is 0.334 e. The number of nitrogens with one attached hydrogen (secondary N) is 2. The van der Waals surface area contributed by atoms with Crippen LogP contribution in [0.3, 0.4) is 0 Å². The summed E-state index contributed by atoms with van der Waals surface area (Å²) in [5.41, 5.74) is 0. The Kier molecular flexibility index (Phi) is 5.13. The number of amides is 2. The summed E-state index contributed by atoms with van der Waals surface area (Å²) in [5.74, 6) is 0. The van der Waals surface area contributed by atoms with Crippen molar-refractivity contribution in [2.45, 2.75) is 56.7 Å². The van der Waals surface area contributed by atoms with Crippen LogP contribution in [0.2, 0.25) is 0 Å². The SMILES string of the molecule is CS(=O)(=O)NC1CCN(C(=O)N[C@@H]2CCN3CCCC[C@@H]23)CC1. The van der Waals surface area contributed by atoms with Crippen LogP contribution in [0.15, 0.2) is 0 Å². The molecule has 0 saturated carbocycles. The predicted molar refractivity (Wildman–Crippen MR) is 88.7 cm³/mol. The molecule has 0 aromatic rings. The monoisotopic (exact) mass is 344 g/mol. The summed E-state index contributed by atoms with van der Waals surface area (Å²) >= 11 is 0. The average Bonchev–Trinajstić information content (AvgIpc) is 2.90. The Labute approximate surface area is 138 Å². The highest BCUT2D eigenvalue weighted by atomic mass is 32.2. The molecule has 0 aliphatic carbocycles. The van der Waals surface area contributed by atoms with Crippen molar-refractivity contribution < 1.29 is 13.2 Å². The number of piperidine rings is 2. The molecule has 3 aliphatic rings. The van der Waals surface area contributed by atoms with Crippen LogP contribution in [0, 0.1) is 0 Å². The lowest BCUT2D eigenvalue weighted by atomic mass is 9.99. The minimum absolute atomic E-state index is 0.0141. The quantitative estimate of drug-likeness (QED) is 0.773. The molecule has 7 nitrogen and oxygen atoms in total. The van der Waals surface area contributed by atoms with Crippen LogP contribution in [-0.2, 0) is 10.0 Å². The number of nitrogens with zero attached hydrogens (tertiary/aromatic N) is 2. The third kappa shape index (κ3) is 4.36. The van der Waals surface area contributed by atoms with Crippen LogP contribution in [0.1, 0.15) is 38.5 Å². The number of sulfonamides is 1. The third-order valence-corrected chi connectivity index (χ3v) is 6.09. The van der Waals surface area contributed by atoms with Crippen LogP contribution in [0.4, 0.5) is 4.79 Å². The summed E-state index contributed by atoms with van der Waals surface area (Å²) in [7, 11) is -3.17. The zero-order chi connectivity index (χ0) is 16.4. The Bertz CT molecular complexity index is 531. The minimum Gasteiger partial charge on any atom is -0.334 e. The number of carbonyl (C=O) groups excluding carboxylic acids is 1. The van der Waals surface area contributed by atoms with Gasteiger partial charge in [-0.25, -0.2) is 17.9 Å². The van der Waals surface area contributed by atoms with E-state index >= 15 is 0 Å². The van der Waals surface area contributed by atoms with E-state index in [0.29, 0.717) is 32.0 Å². The van der Waals surface area contributed by atoms with Crippen LogP contribution in [-0.4, -0.2) is 74.8 Å². The van der Waals surface area contributed by atoms with E-state index in [-0.39, 0.29) is 18.1 Å². The molecular weight excluding hydrogens is 316 g/mol. The van der Waals surface area contributed by atoms with Gasteiger partial charge in [0.05, 0.1) is 6.26 Å². The number of hydrogen-bond donors (Lipinski definition) is 2. The molecule has 3 saturated heterocycles. The summed E-state index contributed by atoms with van der Waals surface area (Å²) in [5, 5.41) is 3.22. The van der Waals surface area contributed by atoms with Gasteiger partial charge >= 0.3 is 6.03 Å². The standard InChI is InChI=1S/C15H28N4O3S/c1-23(21,22)17-12-5-9-19(10-6-12)15(20)16-13-7-11-18-8-3-2-4-14(13)18/h12-14,17H,2-11H2,1H3,(H,16,20)/t13-,14+/m1/s1. The number of urea groups is 1. The lowest BCUT2D eigenvalue weighted by molar-refractivity contribution is 0.159. The molecule has 2 N–H and O–H groups in total. The van der Waals surface area contributed by atoms with Gasteiger partial charge in [0.1, 0.15) is 0 Å². The molecule has 2 amide bonds. The zero-order valence-electron chi connectivity index (χ0n) is 13.8. The second-order valence-electron chi connectivity index (χ2n) is 7.10. The topological polar surface area (TPSA) is 81.8 Å². The summed E-state index contributed by atoms with van der Waals surface area (Å²) in [6.07, 6.45) is 7.31. The number of carbonyl (C=O) groups is 1. The molecule has 0 aromatic carbocycles. The van der Waals surface area contributed by atoms with Crippen LogP contribution >= 0.6 is 0 Å². The van der Waals surface area contributed by atoms with Crippen molar-refractivity contribution >= 4 is 16.1 Å². The minimum atomic E-state index is -3.17. The molecule has 0 unspecified atom stereocenters. The van der Waals surface area contributed by atoms with Gasteiger partial charge in [0.2, 0.25) is 10.0 Å². The van der Waals surface area contributed by atoms with Gasteiger partial charge < -0.3 is 10.2 Å². The van der Waals surface area contributed by atoms with Gasteiger partial charge in [-0.05, 0) is 38.6 Å². The summed E-state index contributed by atoms with van der Waals surface area (Å²) in [6, 6.07) is 0.751. The Morgan fingerprint density at radius 2 is 1.74 bits per heavy atom. The highest BCUT2D eigenvalue weighted by Gasteiger charge is 2.37. The molecule has 0 spiro atoms. The van der Waals surface area contributed by atoms with E-state index in [2.05, 4.69) is 14.9 Å². The first-order valence-electron chi connectivity index (χ1n) is 8.69. The van der Waals surface area contributed by atoms with Crippen molar-refractivity contribution in [3.63, 3.8) is 0 Å². The summed E-state index contributed by atoms with van der Waals surface area (Å²) in [4.78, 5) is 16.8. The molecule has 132 valence electrons. The smallest absolute Gasteiger partial charge is 0.317 e. The maximum Gasteiger partial charge on any atom is 0.317 e. The van der Waals surface area contributed by atoms with Crippen molar-refractivity contribution in [2.75, 3.05) is 32.4 Å². The second-order valence-corrected chi connectivity index (χ2v) is 8.88. The highest BCUT2D eigenvalue weighted by Crippen LogP contribution is 2.27. The van der Waals surface area contributed by atoms with Gasteiger partial charge in [-0.1, -0.05) is 6.42 Å². The fraction of sp³-hybridized carbons (Fsp3) is 0.933. The fourth-order valence-corrected chi connectivity index (χ4v) is 5.01. The molecule has 23 heavy (non-hydrogen) atoms. The molecular formula is C15H28N4O3S. The van der Waals surface area contributed by atoms with Gasteiger partial charge in [0.25, 0.3) is 0 Å². The van der Waals surface area contributed by atoms with E-state index in [9.17, 15) is 13.2 Å². The Morgan fingerprint density at radius 1 is 1.00 bits per heavy atom. The van der Waals surface area contributed by atoms with E-state index < -0.39 is 10.0 Å². The first-order valence-corrected chi connectivity index (χ1v) is 10.6. The normalized spacial score (nSPS) is 30.2. The molecule has 8 heteroatoms. The summed E-state index contributed by atoms with van der Waals surface area (Å²) in [6.45, 7) is 3.48. The Balaban J connectivity index is 1.46. The van der Waals surface area contributed by atoms with Gasteiger partial charge in [-0.3, -0.25) is 4.90 Å². The molecule has 3 fully saturated rings. The van der Waals surface area contributed by atoms with E-state index in [1.807, 2.05) is 4.90 Å². The van der Waals surface area contributed by atoms with Crippen molar-refractivity contribution in [3.05, 3.63) is 0 Å². The maximum atomic E-state index is 12.5. The number of likely N-dealkylation sites (tertiary alicyclic amines) is 1. The number of rotatable bonds is 3. The van der Waals surface area contributed by atoms with Crippen LogP contribution in [0.25, 0.3) is 0 Å². The average molecular weight is 344 g/mol. The fourth-order valence-electron chi connectivity index (χ4n) is 4.17. The molecule has 0 radical (unpaired) electrons. The second kappa shape index (κ2) is 6.94. The van der Waals surface area contributed by atoms with Gasteiger partial charge in [-0.15, -0.1) is 0 Å². The van der Waals surface area contributed by atoms with Crippen molar-refractivity contribution in [1.29, 1.82) is 0 Å². The van der Waals surface area contributed by atoms with Crippen molar-refractivity contribution in [3.8, 4) is 0 Å². The zero-order valence-corrected chi connectivity index (χ0v) is 14.6. The maximum absolute atomic E-state index is 12.5. The first-order chi connectivity index (χ1) is 10.9. The Hall–Kier alpha value is -0.860. The lowest BCUT2D eigenvalue weighted by Gasteiger charge is -2.35. The van der Waals surface area contributed by atoms with E-state index in [0.717, 1.165) is 13.0 Å². The van der Waals surface area contributed by atoms with E-state index in [1.165, 1.54) is 32.1 Å². The number of hydrogen-bond acceptors (Lipinski definition) is 4. The van der Waals surface area contributed by atoms with Gasteiger partial charge in [-0.2, -0.15) is 0 Å². The first kappa shape index (κ1) is 17.0. The van der Waals surface area contributed by atoms with Crippen LogP contribution in [0.5, 0.6) is 0 Å². The molecule has 3 rings (SSSR count). The van der Waals surface area contributed by atoms with Crippen molar-refractivity contribution in [2.24, 2.45) is 0 Å². The van der Waals surface area contributed by atoms with E-state index in [1.54, 1.807) is 0 Å². The Morgan fingerprint density at radius 3 is 2.43 bits per heavy atom. The highest BCUT2D eigenvalue weighted by molar-refractivity contribution is 7.88. The molecule has 2 atom stereocenters. The molecule has 0 bridgehead atoms. The number of fused-ring (bicyclic) bond motifs is 1. The third-order valence-electron chi connectivity index (χ3n) is 5.33. The van der Waals surface area contributed by atoms with E-state index in [4.69, 9.17) is 0 Å². The molecule has 3 aliphatic heterocycles. The summed E-state index contributed by atoms with van der Waals surface area (Å²) < 4.78 is 25.2. The van der Waals surface area contributed by atoms with Crippen molar-refractivity contribution in [1.82, 2.24) is 19.8 Å².